The van der Waals surface area contributed by atoms with Crippen molar-refractivity contribution in [3.05, 3.63) is 83.0 Å². The number of para-hydroxylation sites is 1. The van der Waals surface area contributed by atoms with E-state index in [0.717, 1.165) is 23.1 Å². The SMILES string of the molecule is O=C(Cc1ccccc1)Nc1nc(C(=O)NCCc2c[nH]c3ccccc23)cs1. The highest BCUT2D eigenvalue weighted by Crippen LogP contribution is 2.18. The molecule has 6 nitrogen and oxygen atoms in total. The minimum atomic E-state index is -0.246. The number of rotatable bonds is 7. The second kappa shape index (κ2) is 8.70. The third-order valence-electron chi connectivity index (χ3n) is 4.55. The van der Waals surface area contributed by atoms with Gasteiger partial charge in [0.1, 0.15) is 5.69 Å². The maximum absolute atomic E-state index is 12.3. The minimum absolute atomic E-state index is 0.156. The number of H-pyrrole nitrogens is 1. The number of amides is 2. The van der Waals surface area contributed by atoms with E-state index in [1.165, 1.54) is 16.7 Å². The van der Waals surface area contributed by atoms with Crippen LogP contribution in [0.1, 0.15) is 21.6 Å². The monoisotopic (exact) mass is 404 g/mol. The van der Waals surface area contributed by atoms with E-state index in [1.807, 2.05) is 54.7 Å². The zero-order valence-corrected chi connectivity index (χ0v) is 16.5. The number of nitrogens with one attached hydrogen (secondary N) is 3. The lowest BCUT2D eigenvalue weighted by Gasteiger charge is -2.03. The Bertz CT molecular complexity index is 1130. The lowest BCUT2D eigenvalue weighted by molar-refractivity contribution is -0.115. The average Bonchev–Trinajstić information content (AvgIpc) is 3.36. The van der Waals surface area contributed by atoms with Crippen molar-refractivity contribution in [3.63, 3.8) is 0 Å². The van der Waals surface area contributed by atoms with Gasteiger partial charge in [0.2, 0.25) is 5.91 Å². The van der Waals surface area contributed by atoms with Gasteiger partial charge in [0.25, 0.3) is 5.91 Å². The van der Waals surface area contributed by atoms with Gasteiger partial charge in [-0.15, -0.1) is 11.3 Å². The summed E-state index contributed by atoms with van der Waals surface area (Å²) in [7, 11) is 0. The molecule has 0 saturated carbocycles. The first-order valence-corrected chi connectivity index (χ1v) is 10.2. The van der Waals surface area contributed by atoms with Crippen LogP contribution < -0.4 is 10.6 Å². The quantitative estimate of drug-likeness (QED) is 0.438. The molecule has 0 aliphatic heterocycles. The smallest absolute Gasteiger partial charge is 0.270 e. The fourth-order valence-corrected chi connectivity index (χ4v) is 3.83. The van der Waals surface area contributed by atoms with E-state index in [9.17, 15) is 9.59 Å². The fourth-order valence-electron chi connectivity index (χ4n) is 3.12. The Labute approximate surface area is 172 Å². The van der Waals surface area contributed by atoms with Gasteiger partial charge in [-0.05, 0) is 23.6 Å². The predicted molar refractivity (Wildman–Crippen MR) is 115 cm³/mol. The topological polar surface area (TPSA) is 86.9 Å². The van der Waals surface area contributed by atoms with Crippen molar-refractivity contribution in [1.29, 1.82) is 0 Å². The Morgan fingerprint density at radius 1 is 1.03 bits per heavy atom. The molecule has 3 N–H and O–H groups in total. The lowest BCUT2D eigenvalue weighted by atomic mass is 10.1. The first kappa shape index (κ1) is 18.9. The summed E-state index contributed by atoms with van der Waals surface area (Å²) in [5, 5.41) is 8.88. The molecule has 0 radical (unpaired) electrons. The van der Waals surface area contributed by atoms with Gasteiger partial charge < -0.3 is 15.6 Å². The van der Waals surface area contributed by atoms with E-state index in [0.29, 0.717) is 17.4 Å². The molecule has 0 bridgehead atoms. The number of nitrogens with zero attached hydrogens (tertiary/aromatic N) is 1. The molecule has 146 valence electrons. The second-order valence-electron chi connectivity index (χ2n) is 6.61. The van der Waals surface area contributed by atoms with Gasteiger partial charge in [0, 0.05) is 29.0 Å². The molecule has 2 heterocycles. The summed E-state index contributed by atoms with van der Waals surface area (Å²) < 4.78 is 0. The second-order valence-corrected chi connectivity index (χ2v) is 7.47. The molecular weight excluding hydrogens is 384 g/mol. The fraction of sp³-hybridized carbons (Fsp3) is 0.136. The van der Waals surface area contributed by atoms with E-state index in [4.69, 9.17) is 0 Å². The van der Waals surface area contributed by atoms with Crippen LogP contribution >= 0.6 is 11.3 Å². The Hall–Kier alpha value is -3.45. The van der Waals surface area contributed by atoms with Gasteiger partial charge in [0.05, 0.1) is 6.42 Å². The number of hydrogen-bond acceptors (Lipinski definition) is 4. The highest BCUT2D eigenvalue weighted by molar-refractivity contribution is 7.14. The van der Waals surface area contributed by atoms with Crippen molar-refractivity contribution in [2.45, 2.75) is 12.8 Å². The highest BCUT2D eigenvalue weighted by Gasteiger charge is 2.13. The molecule has 0 aliphatic carbocycles. The number of aromatic amines is 1. The van der Waals surface area contributed by atoms with Crippen molar-refractivity contribution < 1.29 is 9.59 Å². The molecule has 0 unspecified atom stereocenters. The molecule has 0 atom stereocenters. The zero-order valence-electron chi connectivity index (χ0n) is 15.6. The molecule has 2 aromatic carbocycles. The molecule has 2 amide bonds. The van der Waals surface area contributed by atoms with Gasteiger partial charge in [-0.2, -0.15) is 0 Å². The molecule has 0 spiro atoms. The number of aromatic nitrogens is 2. The van der Waals surface area contributed by atoms with Crippen LogP contribution in [0.15, 0.2) is 66.2 Å². The number of anilines is 1. The summed E-state index contributed by atoms with van der Waals surface area (Å²) in [6.07, 6.45) is 2.97. The lowest BCUT2D eigenvalue weighted by Crippen LogP contribution is -2.26. The van der Waals surface area contributed by atoms with Crippen molar-refractivity contribution in [3.8, 4) is 0 Å². The maximum atomic E-state index is 12.3. The number of thiazole rings is 1. The molecule has 7 heteroatoms. The third kappa shape index (κ3) is 4.70. The molecular formula is C22H20N4O2S. The molecule has 2 aromatic heterocycles. The summed E-state index contributed by atoms with van der Waals surface area (Å²) in [6, 6.07) is 17.6. The zero-order chi connectivity index (χ0) is 20.1. The van der Waals surface area contributed by atoms with E-state index in [-0.39, 0.29) is 18.2 Å². The number of benzene rings is 2. The first-order chi connectivity index (χ1) is 14.2. The normalized spacial score (nSPS) is 10.8. The molecule has 0 aliphatic rings. The van der Waals surface area contributed by atoms with E-state index in [2.05, 4.69) is 26.7 Å². The number of carbonyl (C=O) groups is 2. The molecule has 0 fully saturated rings. The van der Waals surface area contributed by atoms with Gasteiger partial charge in [-0.25, -0.2) is 4.98 Å². The van der Waals surface area contributed by atoms with Gasteiger partial charge in [-0.1, -0.05) is 48.5 Å². The minimum Gasteiger partial charge on any atom is -0.361 e. The number of carbonyl (C=O) groups excluding carboxylic acids is 2. The van der Waals surface area contributed by atoms with Crippen molar-refractivity contribution in [2.75, 3.05) is 11.9 Å². The first-order valence-electron chi connectivity index (χ1n) is 9.31. The Kier molecular flexibility index (Phi) is 5.67. The van der Waals surface area contributed by atoms with E-state index < -0.39 is 0 Å². The third-order valence-corrected chi connectivity index (χ3v) is 5.30. The molecule has 29 heavy (non-hydrogen) atoms. The standard InChI is InChI=1S/C22H20N4O2S/c27-20(12-15-6-2-1-3-7-15)26-22-25-19(14-29-22)21(28)23-11-10-16-13-24-18-9-5-4-8-17(16)18/h1-9,13-14,24H,10-12H2,(H,23,28)(H,25,26,27). The van der Waals surface area contributed by atoms with Crippen LogP contribution in [0.4, 0.5) is 5.13 Å². The van der Waals surface area contributed by atoms with Crippen LogP contribution in [0.5, 0.6) is 0 Å². The van der Waals surface area contributed by atoms with Gasteiger partial charge >= 0.3 is 0 Å². The summed E-state index contributed by atoms with van der Waals surface area (Å²) in [4.78, 5) is 31.9. The summed E-state index contributed by atoms with van der Waals surface area (Å²) >= 11 is 1.24. The average molecular weight is 404 g/mol. The van der Waals surface area contributed by atoms with E-state index in [1.54, 1.807) is 5.38 Å². The largest absolute Gasteiger partial charge is 0.361 e. The van der Waals surface area contributed by atoms with Crippen molar-refractivity contribution in [1.82, 2.24) is 15.3 Å². The van der Waals surface area contributed by atoms with Crippen LogP contribution in [0.2, 0.25) is 0 Å². The number of hydrogen-bond donors (Lipinski definition) is 3. The van der Waals surface area contributed by atoms with Crippen LogP contribution in [-0.4, -0.2) is 28.3 Å². The number of fused-ring (bicyclic) bond motifs is 1. The van der Waals surface area contributed by atoms with Crippen LogP contribution in [-0.2, 0) is 17.6 Å². The van der Waals surface area contributed by atoms with Crippen LogP contribution in [0.25, 0.3) is 10.9 Å². The summed E-state index contributed by atoms with van der Waals surface area (Å²) in [5.41, 5.74) is 3.48. The Balaban J connectivity index is 1.28. The summed E-state index contributed by atoms with van der Waals surface area (Å²) in [6.45, 7) is 0.508. The van der Waals surface area contributed by atoms with Crippen LogP contribution in [0.3, 0.4) is 0 Å². The predicted octanol–water partition coefficient (Wildman–Crippen LogP) is 3.78. The van der Waals surface area contributed by atoms with E-state index >= 15 is 0 Å². The molecule has 4 rings (SSSR count). The Morgan fingerprint density at radius 3 is 2.69 bits per heavy atom. The van der Waals surface area contributed by atoms with Crippen molar-refractivity contribution in [2.24, 2.45) is 0 Å². The molecule has 4 aromatic rings. The Morgan fingerprint density at radius 2 is 1.83 bits per heavy atom. The maximum Gasteiger partial charge on any atom is 0.270 e. The molecule has 0 saturated heterocycles. The summed E-state index contributed by atoms with van der Waals surface area (Å²) in [5.74, 6) is -0.401. The van der Waals surface area contributed by atoms with Crippen LogP contribution in [0, 0.1) is 0 Å². The van der Waals surface area contributed by atoms with Gasteiger partial charge in [-0.3, -0.25) is 9.59 Å². The van der Waals surface area contributed by atoms with Crippen molar-refractivity contribution >= 4 is 39.2 Å². The highest BCUT2D eigenvalue weighted by atomic mass is 32.1. The van der Waals surface area contributed by atoms with Gasteiger partial charge in [0.15, 0.2) is 5.13 Å².